The van der Waals surface area contributed by atoms with Crippen LogP contribution >= 0.6 is 0 Å². The van der Waals surface area contributed by atoms with Gasteiger partial charge >= 0.3 is 0 Å². The summed E-state index contributed by atoms with van der Waals surface area (Å²) in [6.07, 6.45) is 4.89. The van der Waals surface area contributed by atoms with Crippen molar-refractivity contribution in [2.24, 2.45) is 0 Å². The maximum Gasteiger partial charge on any atom is 0.251 e. The molecule has 1 atom stereocenters. The number of carbonyl (C=O) groups is 1. The summed E-state index contributed by atoms with van der Waals surface area (Å²) in [5.74, 6) is -0.112. The van der Waals surface area contributed by atoms with Gasteiger partial charge in [-0.15, -0.1) is 0 Å². The molecule has 0 saturated heterocycles. The van der Waals surface area contributed by atoms with Gasteiger partial charge < -0.3 is 5.32 Å². The zero-order valence-corrected chi connectivity index (χ0v) is 12.8. The van der Waals surface area contributed by atoms with Gasteiger partial charge in [0.1, 0.15) is 6.33 Å². The van der Waals surface area contributed by atoms with Gasteiger partial charge in [-0.2, -0.15) is 0 Å². The number of nitrogens with zero attached hydrogens (tertiary/aromatic N) is 2. The maximum atomic E-state index is 12.5. The van der Waals surface area contributed by atoms with Gasteiger partial charge in [-0.3, -0.25) is 4.79 Å². The second kappa shape index (κ2) is 6.83. The lowest BCUT2D eigenvalue weighted by Crippen LogP contribution is -2.26. The molecular weight excluding hydrogens is 286 g/mol. The van der Waals surface area contributed by atoms with Crippen LogP contribution in [0.5, 0.6) is 0 Å². The highest BCUT2D eigenvalue weighted by Crippen LogP contribution is 2.20. The second-order valence-electron chi connectivity index (χ2n) is 5.31. The normalized spacial score (nSPS) is 11.7. The van der Waals surface area contributed by atoms with Crippen molar-refractivity contribution in [1.82, 2.24) is 15.3 Å². The Labute approximate surface area is 135 Å². The Balaban J connectivity index is 1.78. The molecule has 0 aliphatic carbocycles. The third kappa shape index (κ3) is 3.61. The molecule has 3 rings (SSSR count). The van der Waals surface area contributed by atoms with E-state index < -0.39 is 0 Å². The molecule has 4 nitrogen and oxygen atoms in total. The van der Waals surface area contributed by atoms with Crippen molar-refractivity contribution in [2.75, 3.05) is 0 Å². The summed E-state index contributed by atoms with van der Waals surface area (Å²) in [5.41, 5.74) is 3.62. The van der Waals surface area contributed by atoms with Gasteiger partial charge in [0, 0.05) is 23.5 Å². The molecule has 1 N–H and O–H groups in total. The van der Waals surface area contributed by atoms with Crippen molar-refractivity contribution in [2.45, 2.75) is 13.0 Å². The van der Waals surface area contributed by atoms with Crippen molar-refractivity contribution >= 4 is 5.91 Å². The predicted octanol–water partition coefficient (Wildman–Crippen LogP) is 3.63. The first-order valence-corrected chi connectivity index (χ1v) is 7.45. The number of hydrogen-bond acceptors (Lipinski definition) is 3. The van der Waals surface area contributed by atoms with E-state index in [1.165, 1.54) is 6.33 Å². The molecule has 3 aromatic rings. The molecule has 0 spiro atoms. The fourth-order valence-corrected chi connectivity index (χ4v) is 2.37. The van der Waals surface area contributed by atoms with E-state index in [1.54, 1.807) is 12.4 Å². The summed E-state index contributed by atoms with van der Waals surface area (Å²) in [5, 5.41) is 2.97. The Kier molecular flexibility index (Phi) is 4.43. The Bertz CT molecular complexity index is 788. The van der Waals surface area contributed by atoms with Crippen LogP contribution in [0.15, 0.2) is 73.3 Å². The molecule has 0 aliphatic rings. The van der Waals surface area contributed by atoms with Crippen LogP contribution in [0.2, 0.25) is 0 Å². The van der Waals surface area contributed by atoms with E-state index in [1.807, 2.05) is 61.5 Å². The topological polar surface area (TPSA) is 54.9 Å². The van der Waals surface area contributed by atoms with Crippen LogP contribution in [-0.2, 0) is 0 Å². The number of amides is 1. The average Bonchev–Trinajstić information content (AvgIpc) is 2.63. The molecule has 1 aromatic heterocycles. The molecule has 2 aromatic carbocycles. The zero-order valence-electron chi connectivity index (χ0n) is 12.8. The largest absolute Gasteiger partial charge is 0.345 e. The quantitative estimate of drug-likeness (QED) is 0.800. The summed E-state index contributed by atoms with van der Waals surface area (Å²) in [7, 11) is 0. The lowest BCUT2D eigenvalue weighted by atomic mass is 10.0. The van der Waals surface area contributed by atoms with Crippen molar-refractivity contribution < 1.29 is 4.79 Å². The Morgan fingerprint density at radius 3 is 2.39 bits per heavy atom. The van der Waals surface area contributed by atoms with Crippen LogP contribution < -0.4 is 5.32 Å². The van der Waals surface area contributed by atoms with E-state index in [2.05, 4.69) is 15.3 Å². The Morgan fingerprint density at radius 1 is 0.957 bits per heavy atom. The summed E-state index contributed by atoms with van der Waals surface area (Å²) < 4.78 is 0. The lowest BCUT2D eigenvalue weighted by molar-refractivity contribution is 0.0940. The van der Waals surface area contributed by atoms with Crippen molar-refractivity contribution in [1.29, 1.82) is 0 Å². The maximum absolute atomic E-state index is 12.5. The average molecular weight is 303 g/mol. The van der Waals surface area contributed by atoms with E-state index in [0.29, 0.717) is 5.56 Å². The van der Waals surface area contributed by atoms with Crippen molar-refractivity contribution in [3.05, 3.63) is 84.4 Å². The number of carbonyl (C=O) groups excluding carboxylic acids is 1. The van der Waals surface area contributed by atoms with Crippen molar-refractivity contribution in [3.8, 4) is 11.1 Å². The van der Waals surface area contributed by atoms with Crippen LogP contribution in [-0.4, -0.2) is 15.9 Å². The van der Waals surface area contributed by atoms with Gasteiger partial charge in [-0.05, 0) is 30.2 Å². The minimum Gasteiger partial charge on any atom is -0.345 e. The fourth-order valence-electron chi connectivity index (χ4n) is 2.37. The van der Waals surface area contributed by atoms with E-state index in [9.17, 15) is 4.79 Å². The van der Waals surface area contributed by atoms with Gasteiger partial charge in [-0.1, -0.05) is 42.5 Å². The molecule has 1 amide bonds. The van der Waals surface area contributed by atoms with E-state index in [-0.39, 0.29) is 11.9 Å². The summed E-state index contributed by atoms with van der Waals surface area (Å²) in [6.45, 7) is 1.91. The summed E-state index contributed by atoms with van der Waals surface area (Å²) in [4.78, 5) is 20.4. The second-order valence-corrected chi connectivity index (χ2v) is 5.31. The SMILES string of the molecule is CC(NC(=O)c1cccc(-c2ccccc2)c1)c1cncnc1. The lowest BCUT2D eigenvalue weighted by Gasteiger charge is -2.14. The molecule has 0 fully saturated rings. The molecule has 1 unspecified atom stereocenters. The van der Waals surface area contributed by atoms with Gasteiger partial charge in [0.15, 0.2) is 0 Å². The standard InChI is InChI=1S/C19H17N3O/c1-14(18-11-20-13-21-12-18)22-19(23)17-9-5-8-16(10-17)15-6-3-2-4-7-15/h2-14H,1H3,(H,22,23). The monoisotopic (exact) mass is 303 g/mol. The molecule has 0 radical (unpaired) electrons. The van der Waals surface area contributed by atoms with E-state index >= 15 is 0 Å². The minimum atomic E-state index is -0.149. The van der Waals surface area contributed by atoms with Crippen LogP contribution in [0.4, 0.5) is 0 Å². The molecule has 0 aliphatic heterocycles. The third-order valence-electron chi connectivity index (χ3n) is 3.66. The Hall–Kier alpha value is -3.01. The molecular formula is C19H17N3O. The zero-order chi connectivity index (χ0) is 16.1. The molecule has 0 bridgehead atoms. The van der Waals surface area contributed by atoms with Crippen LogP contribution in [0.25, 0.3) is 11.1 Å². The van der Waals surface area contributed by atoms with Gasteiger partial charge in [-0.25, -0.2) is 9.97 Å². The molecule has 4 heteroatoms. The summed E-state index contributed by atoms with van der Waals surface area (Å²) in [6, 6.07) is 17.5. The molecule has 114 valence electrons. The first kappa shape index (κ1) is 14.9. The number of benzene rings is 2. The number of hydrogen-bond donors (Lipinski definition) is 1. The fraction of sp³-hybridized carbons (Fsp3) is 0.105. The smallest absolute Gasteiger partial charge is 0.251 e. The molecule has 0 saturated carbocycles. The number of rotatable bonds is 4. The van der Waals surface area contributed by atoms with Crippen LogP contribution in [0.1, 0.15) is 28.9 Å². The first-order valence-electron chi connectivity index (χ1n) is 7.45. The molecule has 23 heavy (non-hydrogen) atoms. The van der Waals surface area contributed by atoms with Crippen molar-refractivity contribution in [3.63, 3.8) is 0 Å². The van der Waals surface area contributed by atoms with Crippen LogP contribution in [0.3, 0.4) is 0 Å². The number of nitrogens with one attached hydrogen (secondary N) is 1. The van der Waals surface area contributed by atoms with E-state index in [0.717, 1.165) is 16.7 Å². The third-order valence-corrected chi connectivity index (χ3v) is 3.66. The molecule has 1 heterocycles. The minimum absolute atomic E-state index is 0.112. The van der Waals surface area contributed by atoms with Crippen LogP contribution in [0, 0.1) is 0 Å². The van der Waals surface area contributed by atoms with E-state index in [4.69, 9.17) is 0 Å². The summed E-state index contributed by atoms with van der Waals surface area (Å²) >= 11 is 0. The first-order chi connectivity index (χ1) is 11.2. The van der Waals surface area contributed by atoms with Gasteiger partial charge in [0.2, 0.25) is 0 Å². The Morgan fingerprint density at radius 2 is 1.65 bits per heavy atom. The highest BCUT2D eigenvalue weighted by molar-refractivity contribution is 5.95. The van der Waals surface area contributed by atoms with Gasteiger partial charge in [0.05, 0.1) is 6.04 Å². The number of aromatic nitrogens is 2. The van der Waals surface area contributed by atoms with Gasteiger partial charge in [0.25, 0.3) is 5.91 Å². The highest BCUT2D eigenvalue weighted by Gasteiger charge is 2.12. The highest BCUT2D eigenvalue weighted by atomic mass is 16.1. The predicted molar refractivity (Wildman–Crippen MR) is 89.8 cm³/mol.